The first-order valence-corrected chi connectivity index (χ1v) is 11.1. The van der Waals surface area contributed by atoms with E-state index in [-0.39, 0.29) is 12.2 Å². The number of rotatable bonds is 8. The SMILES string of the molecule is CC(C)(C)C(OC(=O)c1nn(CC2CCOCC2)c2cc(F)ccc12)C(=O)NCC(O)CO. The number of nitrogens with zero attached hydrogens (tertiary/aromatic N) is 2. The molecule has 2 unspecified atom stereocenters. The summed E-state index contributed by atoms with van der Waals surface area (Å²) < 4.78 is 26.6. The summed E-state index contributed by atoms with van der Waals surface area (Å²) >= 11 is 0. The van der Waals surface area contributed by atoms with Crippen LogP contribution >= 0.6 is 0 Å². The van der Waals surface area contributed by atoms with Crippen LogP contribution in [0.4, 0.5) is 4.39 Å². The lowest BCUT2D eigenvalue weighted by atomic mass is 9.88. The molecule has 33 heavy (non-hydrogen) atoms. The van der Waals surface area contributed by atoms with Gasteiger partial charge in [-0.1, -0.05) is 20.8 Å². The number of nitrogens with one attached hydrogen (secondary N) is 1. The monoisotopic (exact) mass is 465 g/mol. The predicted octanol–water partition coefficient (Wildman–Crippen LogP) is 1.64. The van der Waals surface area contributed by atoms with Crippen LogP contribution in [-0.4, -0.2) is 70.4 Å². The van der Waals surface area contributed by atoms with Gasteiger partial charge in [0.1, 0.15) is 5.82 Å². The van der Waals surface area contributed by atoms with Crippen molar-refractivity contribution >= 4 is 22.8 Å². The van der Waals surface area contributed by atoms with Gasteiger partial charge in [-0.25, -0.2) is 9.18 Å². The number of esters is 1. The maximum Gasteiger partial charge on any atom is 0.360 e. The molecular weight excluding hydrogens is 433 g/mol. The Morgan fingerprint density at radius 1 is 1.33 bits per heavy atom. The molecule has 1 aromatic carbocycles. The Bertz CT molecular complexity index is 980. The summed E-state index contributed by atoms with van der Waals surface area (Å²) in [5.41, 5.74) is -0.262. The van der Waals surface area contributed by atoms with Gasteiger partial charge in [-0.05, 0) is 37.0 Å². The molecule has 0 radical (unpaired) electrons. The number of halogens is 1. The molecule has 182 valence electrons. The van der Waals surface area contributed by atoms with E-state index in [9.17, 15) is 19.1 Å². The zero-order valence-electron chi connectivity index (χ0n) is 19.2. The van der Waals surface area contributed by atoms with Crippen LogP contribution in [0, 0.1) is 17.2 Å². The third-order valence-electron chi connectivity index (χ3n) is 5.65. The van der Waals surface area contributed by atoms with E-state index < -0.39 is 41.9 Å². The molecule has 9 nitrogen and oxygen atoms in total. The van der Waals surface area contributed by atoms with Crippen LogP contribution in [-0.2, 0) is 20.8 Å². The molecule has 1 aromatic heterocycles. The molecule has 0 saturated carbocycles. The molecular formula is C23H32FN3O6. The van der Waals surface area contributed by atoms with E-state index >= 15 is 0 Å². The average Bonchev–Trinajstić information content (AvgIpc) is 3.12. The molecule has 0 bridgehead atoms. The number of aliphatic hydroxyl groups excluding tert-OH is 2. The summed E-state index contributed by atoms with van der Waals surface area (Å²) in [5.74, 6) is -1.54. The van der Waals surface area contributed by atoms with Crippen LogP contribution in [0.15, 0.2) is 18.2 Å². The van der Waals surface area contributed by atoms with Gasteiger partial charge in [0.25, 0.3) is 5.91 Å². The second kappa shape index (κ2) is 10.6. The molecule has 0 spiro atoms. The van der Waals surface area contributed by atoms with Gasteiger partial charge >= 0.3 is 5.97 Å². The highest BCUT2D eigenvalue weighted by Crippen LogP contribution is 2.27. The summed E-state index contributed by atoms with van der Waals surface area (Å²) in [6.07, 6.45) is -0.595. The molecule has 1 saturated heterocycles. The van der Waals surface area contributed by atoms with Crippen molar-refractivity contribution in [1.82, 2.24) is 15.1 Å². The summed E-state index contributed by atoms with van der Waals surface area (Å²) in [7, 11) is 0. The minimum atomic E-state index is -1.17. The molecule has 3 rings (SSSR count). The van der Waals surface area contributed by atoms with Crippen molar-refractivity contribution in [2.75, 3.05) is 26.4 Å². The van der Waals surface area contributed by atoms with Gasteiger partial charge in [0, 0.05) is 37.1 Å². The quantitative estimate of drug-likeness (QED) is 0.507. The minimum absolute atomic E-state index is 0.00880. The van der Waals surface area contributed by atoms with Gasteiger partial charge in [0.2, 0.25) is 0 Å². The van der Waals surface area contributed by atoms with E-state index in [0.29, 0.717) is 36.6 Å². The number of carbonyl (C=O) groups is 2. The number of ether oxygens (including phenoxy) is 2. The van der Waals surface area contributed by atoms with Crippen molar-refractivity contribution < 1.29 is 33.7 Å². The Balaban J connectivity index is 1.85. The summed E-state index contributed by atoms with van der Waals surface area (Å²) in [6.45, 7) is 6.35. The van der Waals surface area contributed by atoms with Crippen LogP contribution in [0.5, 0.6) is 0 Å². The lowest BCUT2D eigenvalue weighted by molar-refractivity contribution is -0.136. The highest BCUT2D eigenvalue weighted by molar-refractivity contribution is 6.03. The van der Waals surface area contributed by atoms with E-state index in [2.05, 4.69) is 10.4 Å². The first-order valence-electron chi connectivity index (χ1n) is 11.1. The number of hydrogen-bond acceptors (Lipinski definition) is 7. The third-order valence-corrected chi connectivity index (χ3v) is 5.65. The van der Waals surface area contributed by atoms with Crippen molar-refractivity contribution in [2.45, 2.75) is 52.4 Å². The highest BCUT2D eigenvalue weighted by Gasteiger charge is 2.36. The van der Waals surface area contributed by atoms with E-state index in [1.165, 1.54) is 18.2 Å². The number of benzene rings is 1. The van der Waals surface area contributed by atoms with Gasteiger partial charge in [0.15, 0.2) is 11.8 Å². The zero-order valence-corrected chi connectivity index (χ0v) is 19.2. The van der Waals surface area contributed by atoms with E-state index in [0.717, 1.165) is 12.8 Å². The largest absolute Gasteiger partial charge is 0.447 e. The molecule has 2 aromatic rings. The molecule has 1 amide bonds. The Morgan fingerprint density at radius 3 is 2.67 bits per heavy atom. The van der Waals surface area contributed by atoms with Crippen molar-refractivity contribution in [1.29, 1.82) is 0 Å². The van der Waals surface area contributed by atoms with E-state index in [4.69, 9.17) is 14.6 Å². The predicted molar refractivity (Wildman–Crippen MR) is 118 cm³/mol. The third kappa shape index (κ3) is 6.27. The van der Waals surface area contributed by atoms with E-state index in [1.807, 2.05) is 0 Å². The summed E-state index contributed by atoms with van der Waals surface area (Å²) in [5, 5.41) is 25.8. The Labute approximate surface area is 191 Å². The Kier molecular flexibility index (Phi) is 8.04. The number of hydrogen-bond donors (Lipinski definition) is 3. The van der Waals surface area contributed by atoms with E-state index in [1.54, 1.807) is 25.5 Å². The normalized spacial score (nSPS) is 17.0. The first-order chi connectivity index (χ1) is 15.6. The number of aliphatic hydroxyl groups is 2. The average molecular weight is 466 g/mol. The second-order valence-electron chi connectivity index (χ2n) is 9.48. The lowest BCUT2D eigenvalue weighted by Gasteiger charge is -2.29. The Morgan fingerprint density at radius 2 is 2.03 bits per heavy atom. The fraction of sp³-hybridized carbons (Fsp3) is 0.609. The van der Waals surface area contributed by atoms with Crippen molar-refractivity contribution in [3.8, 4) is 0 Å². The van der Waals surface area contributed by atoms with Crippen LogP contribution in [0.2, 0.25) is 0 Å². The molecule has 0 aliphatic carbocycles. The summed E-state index contributed by atoms with van der Waals surface area (Å²) in [4.78, 5) is 25.8. The summed E-state index contributed by atoms with van der Waals surface area (Å²) in [6, 6.07) is 4.07. The molecule has 2 atom stereocenters. The molecule has 1 aliphatic rings. The van der Waals surface area contributed by atoms with Gasteiger partial charge in [-0.2, -0.15) is 5.10 Å². The van der Waals surface area contributed by atoms with Gasteiger partial charge in [-0.3, -0.25) is 9.48 Å². The standard InChI is InChI=1S/C23H32FN3O6/c1-23(2,3)20(21(30)25-11-16(29)13-28)33-22(31)19-17-5-4-15(24)10-18(17)27(26-19)12-14-6-8-32-9-7-14/h4-5,10,14,16,20,28-29H,6-9,11-13H2,1-3H3,(H,25,30). The van der Waals surface area contributed by atoms with Crippen molar-refractivity contribution in [3.05, 3.63) is 29.7 Å². The maximum atomic E-state index is 14.0. The molecule has 10 heteroatoms. The zero-order chi connectivity index (χ0) is 24.2. The van der Waals surface area contributed by atoms with Crippen molar-refractivity contribution in [3.63, 3.8) is 0 Å². The number of fused-ring (bicyclic) bond motifs is 1. The molecule has 1 fully saturated rings. The molecule has 2 heterocycles. The fourth-order valence-corrected chi connectivity index (χ4v) is 3.77. The smallest absolute Gasteiger partial charge is 0.360 e. The fourth-order valence-electron chi connectivity index (χ4n) is 3.77. The van der Waals surface area contributed by atoms with Gasteiger partial charge in [0.05, 0.1) is 18.2 Å². The van der Waals surface area contributed by atoms with Crippen LogP contribution in [0.3, 0.4) is 0 Å². The lowest BCUT2D eigenvalue weighted by Crippen LogP contribution is -2.47. The van der Waals surface area contributed by atoms with Crippen LogP contribution < -0.4 is 5.32 Å². The number of carbonyl (C=O) groups excluding carboxylic acids is 2. The van der Waals surface area contributed by atoms with Crippen LogP contribution in [0.1, 0.15) is 44.1 Å². The minimum Gasteiger partial charge on any atom is -0.447 e. The molecule has 3 N–H and O–H groups in total. The highest BCUT2D eigenvalue weighted by atomic mass is 19.1. The topological polar surface area (TPSA) is 123 Å². The van der Waals surface area contributed by atoms with Crippen LogP contribution in [0.25, 0.3) is 10.9 Å². The maximum absolute atomic E-state index is 14.0. The van der Waals surface area contributed by atoms with Gasteiger partial charge in [-0.15, -0.1) is 0 Å². The molecule has 1 aliphatic heterocycles. The van der Waals surface area contributed by atoms with Crippen molar-refractivity contribution in [2.24, 2.45) is 11.3 Å². The first kappa shape index (κ1) is 25.1. The second-order valence-corrected chi connectivity index (χ2v) is 9.48. The number of aromatic nitrogens is 2. The number of amides is 1. The Hall–Kier alpha value is -2.56. The van der Waals surface area contributed by atoms with Gasteiger partial charge < -0.3 is 25.0 Å².